The topological polar surface area (TPSA) is 58.6 Å². The second kappa shape index (κ2) is 6.61. The van der Waals surface area contributed by atoms with Crippen LogP contribution in [-0.4, -0.2) is 29.8 Å². The molecular formula is C13H18ClNO3. The molecule has 1 aromatic rings. The monoisotopic (exact) mass is 271 g/mol. The van der Waals surface area contributed by atoms with E-state index in [2.05, 4.69) is 5.32 Å². The van der Waals surface area contributed by atoms with Crippen molar-refractivity contribution in [3.63, 3.8) is 0 Å². The Morgan fingerprint density at radius 1 is 1.56 bits per heavy atom. The number of nitrogens with one attached hydrogen (secondary N) is 1. The van der Waals surface area contributed by atoms with Crippen molar-refractivity contribution in [2.45, 2.75) is 25.8 Å². The normalized spacial score (nSPS) is 13.8. The maximum absolute atomic E-state index is 11.7. The first-order valence-corrected chi connectivity index (χ1v) is 6.17. The number of hydrogen-bond acceptors (Lipinski definition) is 3. The van der Waals surface area contributed by atoms with Gasteiger partial charge in [-0.05, 0) is 31.5 Å². The van der Waals surface area contributed by atoms with E-state index in [1.54, 1.807) is 31.2 Å². The average molecular weight is 272 g/mol. The highest BCUT2D eigenvalue weighted by molar-refractivity contribution is 6.30. The van der Waals surface area contributed by atoms with Gasteiger partial charge in [0.1, 0.15) is 5.75 Å². The van der Waals surface area contributed by atoms with Crippen LogP contribution in [0.5, 0.6) is 5.75 Å². The van der Waals surface area contributed by atoms with Crippen molar-refractivity contribution in [1.82, 2.24) is 5.32 Å². The number of carbonyl (C=O) groups is 1. The van der Waals surface area contributed by atoms with Gasteiger partial charge in [-0.15, -0.1) is 0 Å². The third-order valence-corrected chi connectivity index (χ3v) is 2.97. The number of amides is 1. The largest absolute Gasteiger partial charge is 0.484 e. The summed E-state index contributed by atoms with van der Waals surface area (Å²) < 4.78 is 5.31. The van der Waals surface area contributed by atoms with Crippen molar-refractivity contribution in [2.75, 3.05) is 13.2 Å². The first-order chi connectivity index (χ1) is 8.49. The van der Waals surface area contributed by atoms with Crippen LogP contribution in [0.25, 0.3) is 0 Å². The highest BCUT2D eigenvalue weighted by Crippen LogP contribution is 2.17. The number of hydrogen-bond donors (Lipinski definition) is 2. The molecule has 0 aliphatic heterocycles. The standard InChI is InChI=1S/C13H18ClNO3/c1-3-13(2,9-16)15-12(17)8-18-11-6-4-5-10(14)7-11/h4-7,16H,3,8-9H2,1-2H3,(H,15,17). The molecule has 5 heteroatoms. The number of ether oxygens (including phenoxy) is 1. The molecule has 0 saturated carbocycles. The lowest BCUT2D eigenvalue weighted by atomic mass is 10.0. The maximum Gasteiger partial charge on any atom is 0.258 e. The van der Waals surface area contributed by atoms with Gasteiger partial charge in [0.15, 0.2) is 6.61 Å². The third-order valence-electron chi connectivity index (χ3n) is 2.74. The second-order valence-electron chi connectivity index (χ2n) is 4.37. The Morgan fingerprint density at radius 2 is 2.28 bits per heavy atom. The van der Waals surface area contributed by atoms with Crippen molar-refractivity contribution in [3.8, 4) is 5.75 Å². The van der Waals surface area contributed by atoms with Crippen molar-refractivity contribution < 1.29 is 14.6 Å². The molecular weight excluding hydrogens is 254 g/mol. The van der Waals surface area contributed by atoms with E-state index >= 15 is 0 Å². The van der Waals surface area contributed by atoms with Crippen LogP contribution in [0.1, 0.15) is 20.3 Å². The lowest BCUT2D eigenvalue weighted by molar-refractivity contribution is -0.125. The van der Waals surface area contributed by atoms with Crippen LogP contribution >= 0.6 is 11.6 Å². The lowest BCUT2D eigenvalue weighted by Gasteiger charge is -2.27. The molecule has 0 aliphatic carbocycles. The number of carbonyl (C=O) groups excluding carboxylic acids is 1. The molecule has 4 nitrogen and oxygen atoms in total. The Labute approximate surface area is 112 Å². The molecule has 0 fully saturated rings. The smallest absolute Gasteiger partial charge is 0.258 e. The number of rotatable bonds is 6. The van der Waals surface area contributed by atoms with Gasteiger partial charge >= 0.3 is 0 Å². The van der Waals surface area contributed by atoms with Gasteiger partial charge in [-0.25, -0.2) is 0 Å². The van der Waals surface area contributed by atoms with Crippen LogP contribution in [0.3, 0.4) is 0 Å². The Morgan fingerprint density at radius 3 is 2.83 bits per heavy atom. The summed E-state index contributed by atoms with van der Waals surface area (Å²) >= 11 is 5.80. The van der Waals surface area contributed by atoms with E-state index < -0.39 is 5.54 Å². The fourth-order valence-electron chi connectivity index (χ4n) is 1.32. The zero-order chi connectivity index (χ0) is 13.6. The predicted molar refractivity (Wildman–Crippen MR) is 70.9 cm³/mol. The molecule has 0 aromatic heterocycles. The molecule has 0 saturated heterocycles. The quantitative estimate of drug-likeness (QED) is 0.832. The highest BCUT2D eigenvalue weighted by atomic mass is 35.5. The number of halogens is 1. The molecule has 0 spiro atoms. The van der Waals surface area contributed by atoms with Gasteiger partial charge in [-0.2, -0.15) is 0 Å². The summed E-state index contributed by atoms with van der Waals surface area (Å²) in [6.07, 6.45) is 0.645. The molecule has 2 N–H and O–H groups in total. The summed E-state index contributed by atoms with van der Waals surface area (Å²) in [6.45, 7) is 3.47. The molecule has 1 rings (SSSR count). The lowest BCUT2D eigenvalue weighted by Crippen LogP contribution is -2.49. The summed E-state index contributed by atoms with van der Waals surface area (Å²) in [4.78, 5) is 11.7. The highest BCUT2D eigenvalue weighted by Gasteiger charge is 2.23. The van der Waals surface area contributed by atoms with E-state index in [-0.39, 0.29) is 19.1 Å². The van der Waals surface area contributed by atoms with E-state index in [1.807, 2.05) is 6.92 Å². The van der Waals surface area contributed by atoms with E-state index in [0.717, 1.165) is 0 Å². The molecule has 1 unspecified atom stereocenters. The van der Waals surface area contributed by atoms with Crippen LogP contribution in [-0.2, 0) is 4.79 Å². The molecule has 0 heterocycles. The summed E-state index contributed by atoms with van der Waals surface area (Å²) in [6, 6.07) is 6.85. The second-order valence-corrected chi connectivity index (χ2v) is 4.80. The van der Waals surface area contributed by atoms with Gasteiger partial charge in [0.05, 0.1) is 12.1 Å². The van der Waals surface area contributed by atoms with E-state index in [0.29, 0.717) is 17.2 Å². The van der Waals surface area contributed by atoms with Crippen LogP contribution in [0.2, 0.25) is 5.02 Å². The molecule has 1 aromatic carbocycles. The predicted octanol–water partition coefficient (Wildman–Crippen LogP) is 2.00. The number of aliphatic hydroxyl groups is 1. The minimum absolute atomic E-state index is 0.101. The minimum atomic E-state index is -0.602. The summed E-state index contributed by atoms with van der Waals surface area (Å²) in [5.41, 5.74) is -0.602. The number of benzene rings is 1. The zero-order valence-corrected chi connectivity index (χ0v) is 11.3. The summed E-state index contributed by atoms with van der Waals surface area (Å²) in [5.74, 6) is 0.272. The first kappa shape index (κ1) is 14.8. The van der Waals surface area contributed by atoms with Gasteiger partial charge in [0, 0.05) is 5.02 Å². The average Bonchev–Trinajstić information content (AvgIpc) is 2.36. The van der Waals surface area contributed by atoms with Crippen LogP contribution in [0.15, 0.2) is 24.3 Å². The third kappa shape index (κ3) is 4.55. The van der Waals surface area contributed by atoms with Crippen molar-refractivity contribution in [1.29, 1.82) is 0 Å². The van der Waals surface area contributed by atoms with Gasteiger partial charge in [-0.1, -0.05) is 24.6 Å². The van der Waals surface area contributed by atoms with Crippen LogP contribution in [0, 0.1) is 0 Å². The van der Waals surface area contributed by atoms with E-state index in [4.69, 9.17) is 16.3 Å². The summed E-state index contributed by atoms with van der Waals surface area (Å²) in [5, 5.41) is 12.5. The Hall–Kier alpha value is -1.26. The van der Waals surface area contributed by atoms with Gasteiger partial charge < -0.3 is 15.2 Å². The zero-order valence-electron chi connectivity index (χ0n) is 10.6. The molecule has 0 aliphatic rings. The summed E-state index contributed by atoms with van der Waals surface area (Å²) in [7, 11) is 0. The molecule has 1 amide bonds. The Kier molecular flexibility index (Phi) is 5.44. The van der Waals surface area contributed by atoms with Crippen LogP contribution < -0.4 is 10.1 Å². The number of aliphatic hydroxyl groups excluding tert-OH is 1. The van der Waals surface area contributed by atoms with Crippen molar-refractivity contribution in [3.05, 3.63) is 29.3 Å². The van der Waals surface area contributed by atoms with Gasteiger partial charge in [-0.3, -0.25) is 4.79 Å². The van der Waals surface area contributed by atoms with Crippen molar-refractivity contribution in [2.24, 2.45) is 0 Å². The molecule has 0 bridgehead atoms. The van der Waals surface area contributed by atoms with Gasteiger partial charge in [0.25, 0.3) is 5.91 Å². The Bertz CT molecular complexity index is 405. The minimum Gasteiger partial charge on any atom is -0.484 e. The molecule has 1 atom stereocenters. The fraction of sp³-hybridized carbons (Fsp3) is 0.462. The SMILES string of the molecule is CCC(C)(CO)NC(=O)COc1cccc(Cl)c1. The van der Waals surface area contributed by atoms with Gasteiger partial charge in [0.2, 0.25) is 0 Å². The van der Waals surface area contributed by atoms with Crippen LogP contribution in [0.4, 0.5) is 0 Å². The fourth-order valence-corrected chi connectivity index (χ4v) is 1.50. The van der Waals surface area contributed by atoms with Crippen molar-refractivity contribution >= 4 is 17.5 Å². The molecule has 18 heavy (non-hydrogen) atoms. The maximum atomic E-state index is 11.7. The Balaban J connectivity index is 2.47. The molecule has 100 valence electrons. The van der Waals surface area contributed by atoms with E-state index in [1.165, 1.54) is 0 Å². The van der Waals surface area contributed by atoms with E-state index in [9.17, 15) is 9.90 Å². The first-order valence-electron chi connectivity index (χ1n) is 5.79. The molecule has 0 radical (unpaired) electrons.